The summed E-state index contributed by atoms with van der Waals surface area (Å²) >= 11 is 0. The van der Waals surface area contributed by atoms with Crippen LogP contribution in [0.15, 0.2) is 0 Å². The van der Waals surface area contributed by atoms with Gasteiger partial charge in [-0.25, -0.2) is 0 Å². The van der Waals surface area contributed by atoms with Crippen molar-refractivity contribution < 1.29 is 14.3 Å². The van der Waals surface area contributed by atoms with Gasteiger partial charge >= 0.3 is 5.97 Å². The molecule has 0 saturated heterocycles. The smallest absolute Gasteiger partial charge is 0.306 e. The molecule has 0 fully saturated rings. The van der Waals surface area contributed by atoms with E-state index in [4.69, 9.17) is 0 Å². The summed E-state index contributed by atoms with van der Waals surface area (Å²) in [6.07, 6.45) is 1.22. The number of carbonyl (C=O) groups excluding carboxylic acids is 2. The largest absolute Gasteiger partial charge is 0.469 e. The Hall–Kier alpha value is -1.10. The van der Waals surface area contributed by atoms with Gasteiger partial charge in [-0.1, -0.05) is 6.92 Å². The number of ether oxygens (including phenoxy) is 1. The van der Waals surface area contributed by atoms with Crippen molar-refractivity contribution in [3.05, 3.63) is 0 Å². The first-order valence-electron chi connectivity index (χ1n) is 5.57. The van der Waals surface area contributed by atoms with Crippen molar-refractivity contribution in [1.29, 1.82) is 0 Å². The van der Waals surface area contributed by atoms with Crippen molar-refractivity contribution in [2.75, 3.05) is 27.2 Å². The molecule has 94 valence electrons. The second-order valence-electron chi connectivity index (χ2n) is 3.77. The Morgan fingerprint density at radius 1 is 1.44 bits per heavy atom. The summed E-state index contributed by atoms with van der Waals surface area (Å²) in [5.74, 6) is -0.262. The van der Waals surface area contributed by atoms with Gasteiger partial charge in [0.25, 0.3) is 0 Å². The minimum Gasteiger partial charge on any atom is -0.469 e. The summed E-state index contributed by atoms with van der Waals surface area (Å²) in [4.78, 5) is 24.4. The molecule has 0 aliphatic rings. The molecule has 1 N–H and O–H groups in total. The highest BCUT2D eigenvalue weighted by molar-refractivity contribution is 5.81. The third-order valence-electron chi connectivity index (χ3n) is 2.49. The summed E-state index contributed by atoms with van der Waals surface area (Å²) in [7, 11) is 3.18. The standard InChI is InChI=1S/C11H22N2O3/c1-5-7-12-11(15)9(2)13(3)8-6-10(14)16-4/h9H,5-8H2,1-4H3,(H,12,15). The number of methoxy groups -OCH3 is 1. The Kier molecular flexibility index (Phi) is 7.54. The van der Waals surface area contributed by atoms with Crippen molar-refractivity contribution in [2.45, 2.75) is 32.7 Å². The second kappa shape index (κ2) is 8.10. The Labute approximate surface area is 97.1 Å². The number of rotatable bonds is 7. The van der Waals surface area contributed by atoms with Crippen LogP contribution in [0.25, 0.3) is 0 Å². The molecule has 0 aromatic heterocycles. The molecule has 0 aliphatic carbocycles. The lowest BCUT2D eigenvalue weighted by atomic mass is 10.2. The van der Waals surface area contributed by atoms with Crippen molar-refractivity contribution in [2.24, 2.45) is 0 Å². The van der Waals surface area contributed by atoms with Crippen LogP contribution < -0.4 is 5.32 Å². The van der Waals surface area contributed by atoms with Crippen molar-refractivity contribution >= 4 is 11.9 Å². The minimum absolute atomic E-state index is 0.00536. The Bertz CT molecular complexity index is 231. The van der Waals surface area contributed by atoms with E-state index in [1.807, 2.05) is 25.8 Å². The molecule has 5 nitrogen and oxygen atoms in total. The van der Waals surface area contributed by atoms with Gasteiger partial charge in [0, 0.05) is 13.1 Å². The fourth-order valence-electron chi connectivity index (χ4n) is 1.16. The third kappa shape index (κ3) is 5.70. The lowest BCUT2D eigenvalue weighted by Crippen LogP contribution is -2.44. The van der Waals surface area contributed by atoms with Gasteiger partial charge in [0.2, 0.25) is 5.91 Å². The van der Waals surface area contributed by atoms with Crippen LogP contribution in [0.4, 0.5) is 0 Å². The fraction of sp³-hybridized carbons (Fsp3) is 0.818. The highest BCUT2D eigenvalue weighted by Gasteiger charge is 2.17. The zero-order chi connectivity index (χ0) is 12.6. The zero-order valence-corrected chi connectivity index (χ0v) is 10.6. The second-order valence-corrected chi connectivity index (χ2v) is 3.77. The molecule has 1 atom stereocenters. The average molecular weight is 230 g/mol. The van der Waals surface area contributed by atoms with Crippen molar-refractivity contribution in [3.63, 3.8) is 0 Å². The lowest BCUT2D eigenvalue weighted by molar-refractivity contribution is -0.141. The van der Waals surface area contributed by atoms with E-state index in [1.165, 1.54) is 7.11 Å². The number of hydrogen-bond donors (Lipinski definition) is 1. The van der Waals surface area contributed by atoms with Crippen molar-refractivity contribution in [1.82, 2.24) is 10.2 Å². The van der Waals surface area contributed by atoms with Crippen LogP contribution in [-0.4, -0.2) is 50.1 Å². The van der Waals surface area contributed by atoms with Gasteiger partial charge in [0.15, 0.2) is 0 Å². The molecular formula is C11H22N2O3. The molecule has 0 rings (SSSR count). The maximum absolute atomic E-state index is 11.6. The molecular weight excluding hydrogens is 208 g/mol. The van der Waals surface area contributed by atoms with Crippen LogP contribution in [0.1, 0.15) is 26.7 Å². The molecule has 0 radical (unpaired) electrons. The van der Waals surface area contributed by atoms with Gasteiger partial charge in [-0.05, 0) is 20.4 Å². The van der Waals surface area contributed by atoms with Crippen LogP contribution in [0.2, 0.25) is 0 Å². The quantitative estimate of drug-likeness (QED) is 0.643. The molecule has 1 unspecified atom stereocenters. The number of amides is 1. The van der Waals surface area contributed by atoms with E-state index in [2.05, 4.69) is 10.1 Å². The topological polar surface area (TPSA) is 58.6 Å². The van der Waals surface area contributed by atoms with Crippen LogP contribution in [0.3, 0.4) is 0 Å². The van der Waals surface area contributed by atoms with E-state index in [-0.39, 0.29) is 17.9 Å². The molecule has 16 heavy (non-hydrogen) atoms. The van der Waals surface area contributed by atoms with Gasteiger partial charge in [0.05, 0.1) is 19.6 Å². The predicted molar refractivity (Wildman–Crippen MR) is 62.0 cm³/mol. The molecule has 0 spiro atoms. The SMILES string of the molecule is CCCNC(=O)C(C)N(C)CCC(=O)OC. The highest BCUT2D eigenvalue weighted by Crippen LogP contribution is 1.98. The maximum Gasteiger partial charge on any atom is 0.306 e. The zero-order valence-electron chi connectivity index (χ0n) is 10.6. The van der Waals surface area contributed by atoms with E-state index in [0.717, 1.165) is 6.42 Å². The summed E-state index contributed by atoms with van der Waals surface area (Å²) < 4.78 is 4.54. The number of esters is 1. The van der Waals surface area contributed by atoms with Crippen LogP contribution in [0, 0.1) is 0 Å². The summed E-state index contributed by atoms with van der Waals surface area (Å²) in [5.41, 5.74) is 0. The fourth-order valence-corrected chi connectivity index (χ4v) is 1.16. The molecule has 0 aromatic rings. The number of hydrogen-bond acceptors (Lipinski definition) is 4. The molecule has 0 bridgehead atoms. The predicted octanol–water partition coefficient (Wildman–Crippen LogP) is 0.396. The molecule has 1 amide bonds. The number of likely N-dealkylation sites (N-methyl/N-ethyl adjacent to an activating group) is 1. The van der Waals surface area contributed by atoms with E-state index in [9.17, 15) is 9.59 Å². The van der Waals surface area contributed by atoms with E-state index < -0.39 is 0 Å². The Balaban J connectivity index is 3.92. The summed E-state index contributed by atoms with van der Waals surface area (Å²) in [6.45, 7) is 5.04. The average Bonchev–Trinajstić information content (AvgIpc) is 2.31. The highest BCUT2D eigenvalue weighted by atomic mass is 16.5. The van der Waals surface area contributed by atoms with Gasteiger partial charge < -0.3 is 10.1 Å². The molecule has 0 aliphatic heterocycles. The van der Waals surface area contributed by atoms with Crippen LogP contribution >= 0.6 is 0 Å². The number of nitrogens with zero attached hydrogens (tertiary/aromatic N) is 1. The monoisotopic (exact) mass is 230 g/mol. The van der Waals surface area contributed by atoms with E-state index in [0.29, 0.717) is 19.5 Å². The van der Waals surface area contributed by atoms with E-state index >= 15 is 0 Å². The molecule has 0 saturated carbocycles. The summed E-state index contributed by atoms with van der Waals surface area (Å²) in [5, 5.41) is 2.82. The Morgan fingerprint density at radius 3 is 2.56 bits per heavy atom. The van der Waals surface area contributed by atoms with Gasteiger partial charge in [-0.15, -0.1) is 0 Å². The van der Waals surface area contributed by atoms with E-state index in [1.54, 1.807) is 0 Å². The van der Waals surface area contributed by atoms with Gasteiger partial charge in [-0.3, -0.25) is 14.5 Å². The maximum atomic E-state index is 11.6. The third-order valence-corrected chi connectivity index (χ3v) is 2.49. The first kappa shape index (κ1) is 14.9. The van der Waals surface area contributed by atoms with Crippen molar-refractivity contribution in [3.8, 4) is 0 Å². The van der Waals surface area contributed by atoms with Gasteiger partial charge in [-0.2, -0.15) is 0 Å². The minimum atomic E-state index is -0.256. The normalized spacial score (nSPS) is 12.3. The molecule has 5 heteroatoms. The Morgan fingerprint density at radius 2 is 2.06 bits per heavy atom. The molecule has 0 aromatic carbocycles. The molecule has 0 heterocycles. The van der Waals surface area contributed by atoms with Gasteiger partial charge in [0.1, 0.15) is 0 Å². The first-order valence-corrected chi connectivity index (χ1v) is 5.57. The summed E-state index contributed by atoms with van der Waals surface area (Å²) in [6, 6.07) is -0.226. The van der Waals surface area contributed by atoms with Crippen LogP contribution in [-0.2, 0) is 14.3 Å². The number of nitrogens with one attached hydrogen (secondary N) is 1. The number of carbonyl (C=O) groups is 2. The van der Waals surface area contributed by atoms with Crippen LogP contribution in [0.5, 0.6) is 0 Å². The first-order chi connectivity index (χ1) is 7.52. The lowest BCUT2D eigenvalue weighted by Gasteiger charge is -2.23.